The zero-order valence-electron chi connectivity index (χ0n) is 18.2. The van der Waals surface area contributed by atoms with Crippen molar-refractivity contribution in [1.29, 1.82) is 0 Å². The van der Waals surface area contributed by atoms with Gasteiger partial charge < -0.3 is 9.26 Å². The van der Waals surface area contributed by atoms with E-state index in [0.29, 0.717) is 17.1 Å². The van der Waals surface area contributed by atoms with Crippen molar-refractivity contribution < 1.29 is 23.2 Å². The Morgan fingerprint density at radius 2 is 1.71 bits per heavy atom. The smallest absolute Gasteiger partial charge is 0.496 e. The highest BCUT2D eigenvalue weighted by Crippen LogP contribution is 2.52. The Kier molecular flexibility index (Phi) is 9.09. The van der Waals surface area contributed by atoms with Gasteiger partial charge in [0.1, 0.15) is 11.5 Å². The molecule has 1 aliphatic rings. The second-order valence-electron chi connectivity index (χ2n) is 7.50. The molecule has 0 saturated heterocycles. The van der Waals surface area contributed by atoms with Gasteiger partial charge in [-0.2, -0.15) is 0 Å². The van der Waals surface area contributed by atoms with Gasteiger partial charge in [-0.1, -0.05) is 81.5 Å². The van der Waals surface area contributed by atoms with Crippen LogP contribution in [0.1, 0.15) is 63.0 Å². The molecule has 0 aliphatic carbocycles. The lowest BCUT2D eigenvalue weighted by Gasteiger charge is -2.17. The number of hydrogen-bond acceptors (Lipinski definition) is 5. The van der Waals surface area contributed by atoms with E-state index in [-0.39, 0.29) is 6.61 Å². The van der Waals surface area contributed by atoms with Crippen LogP contribution in [0, 0.1) is 0 Å². The van der Waals surface area contributed by atoms with Crippen LogP contribution in [0.25, 0.3) is 11.8 Å². The zero-order valence-corrected chi connectivity index (χ0v) is 19.9. The second-order valence-corrected chi connectivity index (χ2v) is 9.93. The molecule has 3 rings (SSSR count). The SMILES string of the molecule is CCCCCCCCCOP(=O)(O)OC1=Cc2ccccc2Sc2c(OC)cccc21. The third-order valence-electron chi connectivity index (χ3n) is 5.10. The number of benzene rings is 2. The number of phosphoric ester groups is 1. The number of hydrogen-bond donors (Lipinski definition) is 1. The third-order valence-corrected chi connectivity index (χ3v) is 7.25. The van der Waals surface area contributed by atoms with E-state index >= 15 is 0 Å². The number of unbranched alkanes of at least 4 members (excludes halogenated alkanes) is 6. The molecular weight excluding hydrogens is 431 g/mol. The molecular formula is C24H31O5PS. The average Bonchev–Trinajstić information content (AvgIpc) is 2.91. The summed E-state index contributed by atoms with van der Waals surface area (Å²) in [7, 11) is -2.65. The van der Waals surface area contributed by atoms with E-state index in [4.69, 9.17) is 13.8 Å². The minimum atomic E-state index is -4.26. The summed E-state index contributed by atoms with van der Waals surface area (Å²) in [6.07, 6.45) is 9.55. The number of rotatable bonds is 12. The first-order valence-electron chi connectivity index (χ1n) is 10.9. The second kappa shape index (κ2) is 11.8. The van der Waals surface area contributed by atoms with Crippen LogP contribution in [-0.4, -0.2) is 18.6 Å². The van der Waals surface area contributed by atoms with Gasteiger partial charge in [-0.15, -0.1) is 0 Å². The summed E-state index contributed by atoms with van der Waals surface area (Å²) in [6, 6.07) is 13.4. The summed E-state index contributed by atoms with van der Waals surface area (Å²) in [5, 5.41) is 0. The van der Waals surface area contributed by atoms with Crippen molar-refractivity contribution in [1.82, 2.24) is 0 Å². The molecule has 0 bridgehead atoms. The highest BCUT2D eigenvalue weighted by atomic mass is 32.2. The lowest BCUT2D eigenvalue weighted by molar-refractivity contribution is 0.191. The van der Waals surface area contributed by atoms with Gasteiger partial charge in [-0.05, 0) is 36.3 Å². The maximum atomic E-state index is 12.7. The van der Waals surface area contributed by atoms with Crippen LogP contribution in [0.3, 0.4) is 0 Å². The fourth-order valence-corrected chi connectivity index (χ4v) is 5.42. The van der Waals surface area contributed by atoms with Gasteiger partial charge >= 0.3 is 7.82 Å². The molecule has 1 aliphatic heterocycles. The summed E-state index contributed by atoms with van der Waals surface area (Å²) in [5.41, 5.74) is 1.61. The Balaban J connectivity index is 1.69. The third kappa shape index (κ3) is 6.88. The fraction of sp³-hybridized carbons (Fsp3) is 0.417. The monoisotopic (exact) mass is 462 g/mol. The molecule has 1 unspecified atom stereocenters. The van der Waals surface area contributed by atoms with Crippen molar-refractivity contribution in [3.8, 4) is 5.75 Å². The Morgan fingerprint density at radius 1 is 0.968 bits per heavy atom. The summed E-state index contributed by atoms with van der Waals surface area (Å²) in [4.78, 5) is 12.2. The van der Waals surface area contributed by atoms with E-state index in [2.05, 4.69) is 6.92 Å². The first kappa shape index (κ1) is 23.9. The molecule has 0 amide bonds. The van der Waals surface area contributed by atoms with Crippen LogP contribution in [-0.2, 0) is 13.6 Å². The standard InChI is InChI=1S/C24H31O5PS/c1-3-4-5-6-7-8-11-17-28-30(25,26)29-22-18-19-13-9-10-16-23(19)31-24-20(22)14-12-15-21(24)27-2/h9-10,12-16,18H,3-8,11,17H2,1-2H3,(H,25,26). The molecule has 7 heteroatoms. The fourth-order valence-electron chi connectivity index (χ4n) is 3.46. The molecule has 168 valence electrons. The van der Waals surface area contributed by atoms with Crippen molar-refractivity contribution in [2.75, 3.05) is 13.7 Å². The largest absolute Gasteiger partial charge is 0.527 e. The normalized spacial score (nSPS) is 14.6. The average molecular weight is 463 g/mol. The minimum absolute atomic E-state index is 0.200. The van der Waals surface area contributed by atoms with Crippen LogP contribution >= 0.6 is 19.6 Å². The lowest BCUT2D eigenvalue weighted by atomic mass is 10.1. The van der Waals surface area contributed by atoms with Crippen molar-refractivity contribution >= 4 is 31.4 Å². The Hall–Kier alpha value is -1.72. The van der Waals surface area contributed by atoms with Gasteiger partial charge in [0, 0.05) is 10.5 Å². The van der Waals surface area contributed by atoms with Crippen molar-refractivity contribution in [2.24, 2.45) is 0 Å². The molecule has 0 radical (unpaired) electrons. The first-order valence-corrected chi connectivity index (χ1v) is 13.2. The van der Waals surface area contributed by atoms with Gasteiger partial charge in [0.2, 0.25) is 0 Å². The molecule has 31 heavy (non-hydrogen) atoms. The van der Waals surface area contributed by atoms with Crippen LogP contribution < -0.4 is 4.74 Å². The molecule has 1 heterocycles. The van der Waals surface area contributed by atoms with Gasteiger partial charge in [0.15, 0.2) is 0 Å². The topological polar surface area (TPSA) is 65.0 Å². The highest BCUT2D eigenvalue weighted by molar-refractivity contribution is 7.99. The molecule has 5 nitrogen and oxygen atoms in total. The summed E-state index contributed by atoms with van der Waals surface area (Å²) in [5.74, 6) is 0.988. The van der Waals surface area contributed by atoms with E-state index < -0.39 is 7.82 Å². The van der Waals surface area contributed by atoms with Gasteiger partial charge in [-0.3, -0.25) is 9.42 Å². The molecule has 1 N–H and O–H groups in total. The molecule has 0 aromatic heterocycles. The van der Waals surface area contributed by atoms with E-state index in [0.717, 1.165) is 34.6 Å². The molecule has 0 saturated carbocycles. The number of phosphoric acid groups is 1. The lowest BCUT2D eigenvalue weighted by Crippen LogP contribution is -1.99. The zero-order chi connectivity index (χ0) is 22.1. The minimum Gasteiger partial charge on any atom is -0.496 e. The molecule has 2 aromatic rings. The number of fused-ring (bicyclic) bond motifs is 2. The van der Waals surface area contributed by atoms with E-state index in [1.807, 2.05) is 42.5 Å². The Morgan fingerprint density at radius 3 is 2.48 bits per heavy atom. The molecule has 0 fully saturated rings. The van der Waals surface area contributed by atoms with E-state index in [1.165, 1.54) is 25.7 Å². The van der Waals surface area contributed by atoms with E-state index in [1.54, 1.807) is 24.9 Å². The van der Waals surface area contributed by atoms with Crippen molar-refractivity contribution in [2.45, 2.75) is 61.7 Å². The summed E-state index contributed by atoms with van der Waals surface area (Å²) in [6.45, 7) is 2.40. The highest BCUT2D eigenvalue weighted by Gasteiger charge is 2.28. The van der Waals surface area contributed by atoms with Crippen LogP contribution in [0.5, 0.6) is 5.75 Å². The molecule has 2 aromatic carbocycles. The number of methoxy groups -OCH3 is 1. The predicted octanol–water partition coefficient (Wildman–Crippen LogP) is 7.54. The Labute approximate surface area is 189 Å². The quantitative estimate of drug-likeness (QED) is 0.260. The van der Waals surface area contributed by atoms with Crippen LogP contribution in [0.4, 0.5) is 0 Å². The van der Waals surface area contributed by atoms with Crippen LogP contribution in [0.2, 0.25) is 0 Å². The van der Waals surface area contributed by atoms with E-state index in [9.17, 15) is 9.46 Å². The summed E-state index contributed by atoms with van der Waals surface area (Å²) >= 11 is 1.55. The molecule has 1 atom stereocenters. The predicted molar refractivity (Wildman–Crippen MR) is 126 cm³/mol. The van der Waals surface area contributed by atoms with Crippen molar-refractivity contribution in [3.05, 3.63) is 53.6 Å². The maximum absolute atomic E-state index is 12.7. The van der Waals surface area contributed by atoms with Gasteiger partial charge in [0.25, 0.3) is 0 Å². The van der Waals surface area contributed by atoms with Gasteiger partial charge in [-0.25, -0.2) is 4.57 Å². The number of ether oxygens (including phenoxy) is 1. The summed E-state index contributed by atoms with van der Waals surface area (Å²) < 4.78 is 29.1. The first-order chi connectivity index (χ1) is 15.0. The van der Waals surface area contributed by atoms with Crippen molar-refractivity contribution in [3.63, 3.8) is 0 Å². The Bertz CT molecular complexity index is 943. The van der Waals surface area contributed by atoms with Crippen LogP contribution in [0.15, 0.2) is 52.3 Å². The van der Waals surface area contributed by atoms with Gasteiger partial charge in [0.05, 0.1) is 18.6 Å². The maximum Gasteiger partial charge on any atom is 0.527 e. The molecule has 0 spiro atoms.